The van der Waals surface area contributed by atoms with Crippen molar-refractivity contribution in [3.8, 4) is 0 Å². The van der Waals surface area contributed by atoms with Gasteiger partial charge in [0.05, 0.1) is 12.5 Å². The zero-order chi connectivity index (χ0) is 14.4. The van der Waals surface area contributed by atoms with Crippen molar-refractivity contribution in [3.63, 3.8) is 0 Å². The van der Waals surface area contributed by atoms with Crippen LogP contribution in [-0.4, -0.2) is 11.6 Å². The van der Waals surface area contributed by atoms with Crippen LogP contribution in [0.4, 0.5) is 0 Å². The summed E-state index contributed by atoms with van der Waals surface area (Å²) in [5, 5.41) is 0. The molecular weight excluding hydrogens is 256 g/mol. The predicted octanol–water partition coefficient (Wildman–Crippen LogP) is 3.52. The Morgan fingerprint density at radius 2 is 1.75 bits per heavy atom. The molecule has 0 bridgehead atoms. The Labute approximate surface area is 116 Å². The van der Waals surface area contributed by atoms with E-state index in [4.69, 9.17) is 8.83 Å². The van der Waals surface area contributed by atoms with E-state index in [1.165, 1.54) is 25.5 Å². The van der Waals surface area contributed by atoms with E-state index in [1.807, 2.05) is 0 Å². The van der Waals surface area contributed by atoms with E-state index < -0.39 is 0 Å². The van der Waals surface area contributed by atoms with Crippen molar-refractivity contribution >= 4 is 23.7 Å². The molecule has 0 saturated carbocycles. The van der Waals surface area contributed by atoms with Crippen molar-refractivity contribution in [2.45, 2.75) is 13.3 Å². The molecular formula is C16H14O4. The quantitative estimate of drug-likeness (QED) is 0.753. The van der Waals surface area contributed by atoms with Crippen LogP contribution in [0.1, 0.15) is 24.9 Å². The summed E-state index contributed by atoms with van der Waals surface area (Å²) in [5.41, 5.74) is 0.384. The lowest BCUT2D eigenvalue weighted by molar-refractivity contribution is -0.118. The summed E-state index contributed by atoms with van der Waals surface area (Å²) in [6, 6.07) is 6.92. The van der Waals surface area contributed by atoms with Gasteiger partial charge in [-0.25, -0.2) is 0 Å². The van der Waals surface area contributed by atoms with E-state index in [9.17, 15) is 9.59 Å². The van der Waals surface area contributed by atoms with E-state index in [2.05, 4.69) is 0 Å². The van der Waals surface area contributed by atoms with Crippen molar-refractivity contribution in [3.05, 3.63) is 60.0 Å². The summed E-state index contributed by atoms with van der Waals surface area (Å²) in [5.74, 6) is 0.801. The number of Topliss-reactive ketones (excluding diaryl/α,β-unsaturated/α-hetero) is 1. The monoisotopic (exact) mass is 270 g/mol. The Balaban J connectivity index is 2.18. The maximum atomic E-state index is 12.1. The first kappa shape index (κ1) is 13.8. The molecule has 0 N–H and O–H groups in total. The van der Waals surface area contributed by atoms with Crippen LogP contribution in [0.3, 0.4) is 0 Å². The number of furan rings is 2. The van der Waals surface area contributed by atoms with Gasteiger partial charge in [0.1, 0.15) is 17.3 Å². The molecule has 0 aromatic carbocycles. The average Bonchev–Trinajstić information content (AvgIpc) is 3.07. The van der Waals surface area contributed by atoms with Crippen molar-refractivity contribution < 1.29 is 18.4 Å². The third-order valence-electron chi connectivity index (χ3n) is 2.56. The molecule has 20 heavy (non-hydrogen) atoms. The lowest BCUT2D eigenvalue weighted by atomic mass is 10.0. The van der Waals surface area contributed by atoms with Crippen molar-refractivity contribution in [1.29, 1.82) is 0 Å². The fraction of sp³-hybridized carbons (Fsp3) is 0.125. The Kier molecular flexibility index (Phi) is 4.50. The standard InChI is InChI=1S/C16H14O4/c1-12(17)10-13(11-15-5-3-9-20-15)16(18)7-6-14-4-2-8-19-14/h2-9,11H,10H2,1H3/b7-6+,13-11-. The molecule has 0 fully saturated rings. The van der Waals surface area contributed by atoms with Gasteiger partial charge >= 0.3 is 0 Å². The first-order valence-electron chi connectivity index (χ1n) is 6.14. The van der Waals surface area contributed by atoms with E-state index >= 15 is 0 Å². The maximum absolute atomic E-state index is 12.1. The minimum atomic E-state index is -0.243. The van der Waals surface area contributed by atoms with Gasteiger partial charge in [0.25, 0.3) is 0 Å². The number of ketones is 2. The van der Waals surface area contributed by atoms with Crippen LogP contribution in [-0.2, 0) is 9.59 Å². The molecule has 0 unspecified atom stereocenters. The molecule has 2 heterocycles. The highest BCUT2D eigenvalue weighted by atomic mass is 16.3. The summed E-state index contributed by atoms with van der Waals surface area (Å²) < 4.78 is 10.3. The summed E-state index contributed by atoms with van der Waals surface area (Å²) in [4.78, 5) is 23.4. The molecule has 0 spiro atoms. The van der Waals surface area contributed by atoms with Crippen LogP contribution in [0.25, 0.3) is 12.2 Å². The molecule has 2 aromatic heterocycles. The lowest BCUT2D eigenvalue weighted by Gasteiger charge is -2.00. The SMILES string of the molecule is CC(=O)C/C(=C/c1ccco1)C(=O)/C=C/c1ccco1. The molecule has 102 valence electrons. The summed E-state index contributed by atoms with van der Waals surface area (Å²) in [7, 11) is 0. The fourth-order valence-corrected chi connectivity index (χ4v) is 1.67. The number of hydrogen-bond acceptors (Lipinski definition) is 4. The van der Waals surface area contributed by atoms with Gasteiger partial charge in [-0.1, -0.05) is 0 Å². The maximum Gasteiger partial charge on any atom is 0.182 e. The number of carbonyl (C=O) groups excluding carboxylic acids is 2. The number of rotatable bonds is 6. The molecule has 0 saturated heterocycles. The minimum absolute atomic E-state index is 0.0715. The first-order chi connectivity index (χ1) is 9.65. The van der Waals surface area contributed by atoms with Gasteiger partial charge in [0.15, 0.2) is 5.78 Å². The van der Waals surface area contributed by atoms with Crippen LogP contribution >= 0.6 is 0 Å². The van der Waals surface area contributed by atoms with E-state index in [0.29, 0.717) is 17.1 Å². The first-order valence-corrected chi connectivity index (χ1v) is 6.14. The average molecular weight is 270 g/mol. The minimum Gasteiger partial charge on any atom is -0.465 e. The molecule has 0 aliphatic heterocycles. The zero-order valence-electron chi connectivity index (χ0n) is 11.0. The van der Waals surface area contributed by atoms with Gasteiger partial charge in [-0.3, -0.25) is 9.59 Å². The van der Waals surface area contributed by atoms with Crippen LogP contribution < -0.4 is 0 Å². The molecule has 0 amide bonds. The molecule has 0 aliphatic carbocycles. The second kappa shape index (κ2) is 6.52. The highest BCUT2D eigenvalue weighted by Gasteiger charge is 2.10. The molecule has 4 nitrogen and oxygen atoms in total. The van der Waals surface area contributed by atoms with Gasteiger partial charge in [-0.2, -0.15) is 0 Å². The molecule has 0 aliphatic rings. The summed E-state index contributed by atoms with van der Waals surface area (Å²) in [6.45, 7) is 1.44. The van der Waals surface area contributed by atoms with E-state index in [0.717, 1.165) is 0 Å². The van der Waals surface area contributed by atoms with Crippen molar-refractivity contribution in [1.82, 2.24) is 0 Å². The van der Waals surface area contributed by atoms with Gasteiger partial charge in [0, 0.05) is 12.0 Å². The zero-order valence-corrected chi connectivity index (χ0v) is 11.0. The third kappa shape index (κ3) is 3.95. The van der Waals surface area contributed by atoms with Crippen molar-refractivity contribution in [2.75, 3.05) is 0 Å². The van der Waals surface area contributed by atoms with Crippen LogP contribution in [0.15, 0.2) is 57.3 Å². The van der Waals surface area contributed by atoms with Crippen LogP contribution in [0, 0.1) is 0 Å². The second-order valence-electron chi connectivity index (χ2n) is 4.28. The Morgan fingerprint density at radius 1 is 1.10 bits per heavy atom. The van der Waals surface area contributed by atoms with E-state index in [-0.39, 0.29) is 18.0 Å². The third-order valence-corrected chi connectivity index (χ3v) is 2.56. The van der Waals surface area contributed by atoms with Gasteiger partial charge in [-0.15, -0.1) is 0 Å². The smallest absolute Gasteiger partial charge is 0.182 e. The Bertz CT molecular complexity index is 628. The highest BCUT2D eigenvalue weighted by Crippen LogP contribution is 2.14. The van der Waals surface area contributed by atoms with Gasteiger partial charge in [-0.05, 0) is 49.4 Å². The van der Waals surface area contributed by atoms with Gasteiger partial charge in [0.2, 0.25) is 0 Å². The van der Waals surface area contributed by atoms with Crippen LogP contribution in [0.5, 0.6) is 0 Å². The van der Waals surface area contributed by atoms with Gasteiger partial charge < -0.3 is 8.83 Å². The largest absolute Gasteiger partial charge is 0.465 e. The highest BCUT2D eigenvalue weighted by molar-refractivity contribution is 6.11. The number of hydrogen-bond donors (Lipinski definition) is 0. The summed E-state index contributed by atoms with van der Waals surface area (Å²) >= 11 is 0. The predicted molar refractivity (Wildman–Crippen MR) is 74.7 cm³/mol. The lowest BCUT2D eigenvalue weighted by Crippen LogP contribution is -2.03. The molecule has 4 heteroatoms. The topological polar surface area (TPSA) is 60.4 Å². The normalized spacial score (nSPS) is 11.9. The molecule has 2 rings (SSSR count). The molecule has 0 atom stereocenters. The molecule has 0 radical (unpaired) electrons. The number of carbonyl (C=O) groups is 2. The Morgan fingerprint density at radius 3 is 2.30 bits per heavy atom. The van der Waals surface area contributed by atoms with Crippen molar-refractivity contribution in [2.24, 2.45) is 0 Å². The molecule has 2 aromatic rings. The summed E-state index contributed by atoms with van der Waals surface area (Å²) in [6.07, 6.45) is 7.65. The fourth-order valence-electron chi connectivity index (χ4n) is 1.67. The second-order valence-corrected chi connectivity index (χ2v) is 4.28. The number of allylic oxidation sites excluding steroid dienone is 2. The van der Waals surface area contributed by atoms with E-state index in [1.54, 1.807) is 36.4 Å². The van der Waals surface area contributed by atoms with Crippen LogP contribution in [0.2, 0.25) is 0 Å². The Hall–Kier alpha value is -2.62.